The number of benzene rings is 3. The number of aliphatic carboxylic acids is 1. The van der Waals surface area contributed by atoms with Crippen LogP contribution in [0.4, 0.5) is 32.0 Å². The van der Waals surface area contributed by atoms with Crippen LogP contribution < -0.4 is 10.8 Å². The molecule has 0 aliphatic heterocycles. The monoisotopic (exact) mass is 614 g/mol. The number of imidazole rings is 1. The molecule has 0 bridgehead atoms. The number of fused-ring (bicyclic) bond motifs is 1. The van der Waals surface area contributed by atoms with Crippen molar-refractivity contribution in [3.05, 3.63) is 81.9 Å². The number of alkyl halides is 6. The number of carbonyl (C=O) groups excluding carboxylic acids is 1. The average molecular weight is 615 g/mol. The molecule has 0 fully saturated rings. The van der Waals surface area contributed by atoms with E-state index in [9.17, 15) is 35.9 Å². The maximum Gasteiger partial charge on any atom is 0.416 e. The third-order valence-electron chi connectivity index (χ3n) is 6.06. The molecule has 1 aromatic heterocycles. The summed E-state index contributed by atoms with van der Waals surface area (Å²) in [5.74, 6) is -1.56. The Morgan fingerprint density at radius 2 is 1.64 bits per heavy atom. The zero-order valence-corrected chi connectivity index (χ0v) is 22.3. The number of nitrogens with one attached hydrogen (secondary N) is 2. The van der Waals surface area contributed by atoms with E-state index in [4.69, 9.17) is 21.5 Å². The summed E-state index contributed by atoms with van der Waals surface area (Å²) in [6, 6.07) is 10.1. The Balaban J connectivity index is 1.87. The van der Waals surface area contributed by atoms with Crippen LogP contribution in [0.1, 0.15) is 33.5 Å². The standard InChI is InChI=1S/C27H21ClF6N4O4/c1-42-37-20-10-15(2-4-19(20)28)24-36-21-11-16(25(41)35-7-6-23(39)40)3-5-22(21)38(24)13-14-8-17(26(29,30)31)12-18(9-14)27(32,33)34/h2-5,8-12,37H,6-7,13H2,1H3,(H,35,41)(H,39,40). The number of anilines is 1. The molecular formula is C27H21ClF6N4O4. The van der Waals surface area contributed by atoms with Crippen molar-refractivity contribution in [2.24, 2.45) is 0 Å². The van der Waals surface area contributed by atoms with Gasteiger partial charge in [0.1, 0.15) is 5.82 Å². The highest BCUT2D eigenvalue weighted by Gasteiger charge is 2.37. The van der Waals surface area contributed by atoms with Gasteiger partial charge in [-0.1, -0.05) is 11.6 Å². The van der Waals surface area contributed by atoms with E-state index in [1.807, 2.05) is 0 Å². The number of halogens is 7. The Labute approximate surface area is 238 Å². The van der Waals surface area contributed by atoms with Crippen molar-refractivity contribution in [1.82, 2.24) is 14.9 Å². The van der Waals surface area contributed by atoms with Gasteiger partial charge in [0, 0.05) is 24.2 Å². The topological polar surface area (TPSA) is 105 Å². The Morgan fingerprint density at radius 3 is 2.24 bits per heavy atom. The van der Waals surface area contributed by atoms with E-state index in [1.54, 1.807) is 6.07 Å². The fraction of sp³-hybridized carbons (Fsp3) is 0.222. The van der Waals surface area contributed by atoms with E-state index in [1.165, 1.54) is 42.0 Å². The van der Waals surface area contributed by atoms with Gasteiger partial charge in [-0.05, 0) is 60.2 Å². The van der Waals surface area contributed by atoms with Crippen molar-refractivity contribution in [1.29, 1.82) is 0 Å². The number of carboxylic acid groups (broad SMARTS) is 1. The molecule has 0 saturated heterocycles. The molecule has 0 atom stereocenters. The first-order chi connectivity index (χ1) is 19.7. The second-order valence-corrected chi connectivity index (χ2v) is 9.45. The van der Waals surface area contributed by atoms with Gasteiger partial charge in [-0.3, -0.25) is 19.9 Å². The largest absolute Gasteiger partial charge is 0.481 e. The van der Waals surface area contributed by atoms with E-state index in [0.717, 1.165) is 0 Å². The smallest absolute Gasteiger partial charge is 0.416 e. The van der Waals surface area contributed by atoms with Crippen molar-refractivity contribution in [2.45, 2.75) is 25.3 Å². The van der Waals surface area contributed by atoms with Crippen LogP contribution in [0.2, 0.25) is 5.02 Å². The van der Waals surface area contributed by atoms with Gasteiger partial charge in [-0.2, -0.15) is 26.3 Å². The second-order valence-electron chi connectivity index (χ2n) is 9.04. The van der Waals surface area contributed by atoms with Crippen LogP contribution in [-0.4, -0.2) is 40.2 Å². The molecule has 0 aliphatic rings. The molecule has 0 aliphatic carbocycles. The molecule has 0 radical (unpaired) electrons. The van der Waals surface area contributed by atoms with E-state index in [2.05, 4.69) is 15.8 Å². The quantitative estimate of drug-likeness (QED) is 0.145. The number of amides is 1. The summed E-state index contributed by atoms with van der Waals surface area (Å²) in [5, 5.41) is 11.5. The van der Waals surface area contributed by atoms with Gasteiger partial charge < -0.3 is 15.0 Å². The lowest BCUT2D eigenvalue weighted by Gasteiger charge is -2.16. The lowest BCUT2D eigenvalue weighted by atomic mass is 10.0. The summed E-state index contributed by atoms with van der Waals surface area (Å²) in [5.41, 5.74) is 0.666. The molecule has 0 spiro atoms. The van der Waals surface area contributed by atoms with Crippen LogP contribution in [0.15, 0.2) is 54.6 Å². The maximum atomic E-state index is 13.5. The number of carboxylic acids is 1. The highest BCUT2D eigenvalue weighted by Crippen LogP contribution is 2.37. The molecule has 1 heterocycles. The number of carbonyl (C=O) groups is 2. The predicted octanol–water partition coefficient (Wildman–Crippen LogP) is 6.62. The summed E-state index contributed by atoms with van der Waals surface area (Å²) >= 11 is 6.18. The first-order valence-corrected chi connectivity index (χ1v) is 12.4. The van der Waals surface area contributed by atoms with E-state index >= 15 is 0 Å². The van der Waals surface area contributed by atoms with Crippen LogP contribution in [0, 0.1) is 0 Å². The zero-order valence-electron chi connectivity index (χ0n) is 21.5. The predicted molar refractivity (Wildman–Crippen MR) is 141 cm³/mol. The van der Waals surface area contributed by atoms with Gasteiger partial charge in [-0.15, -0.1) is 0 Å². The molecule has 3 aromatic carbocycles. The molecule has 222 valence electrons. The average Bonchev–Trinajstić information content (AvgIpc) is 3.26. The molecule has 4 aromatic rings. The summed E-state index contributed by atoms with van der Waals surface area (Å²) in [4.78, 5) is 32.7. The summed E-state index contributed by atoms with van der Waals surface area (Å²) in [7, 11) is 1.34. The van der Waals surface area contributed by atoms with Gasteiger partial charge in [0.25, 0.3) is 5.91 Å². The summed E-state index contributed by atoms with van der Waals surface area (Å²) in [6.07, 6.45) is -10.4. The van der Waals surface area contributed by atoms with Crippen molar-refractivity contribution >= 4 is 40.2 Å². The van der Waals surface area contributed by atoms with Crippen LogP contribution in [-0.2, 0) is 28.5 Å². The zero-order chi connectivity index (χ0) is 30.8. The molecule has 8 nitrogen and oxygen atoms in total. The molecule has 0 unspecified atom stereocenters. The van der Waals surface area contributed by atoms with E-state index in [0.29, 0.717) is 28.9 Å². The van der Waals surface area contributed by atoms with Gasteiger partial charge >= 0.3 is 18.3 Å². The number of hydrogen-bond donors (Lipinski definition) is 3. The Morgan fingerprint density at radius 1 is 0.976 bits per heavy atom. The molecule has 42 heavy (non-hydrogen) atoms. The lowest BCUT2D eigenvalue weighted by molar-refractivity contribution is -0.143. The molecule has 4 rings (SSSR count). The van der Waals surface area contributed by atoms with Crippen molar-refractivity contribution in [3.8, 4) is 11.4 Å². The normalized spacial score (nSPS) is 12.0. The van der Waals surface area contributed by atoms with E-state index in [-0.39, 0.29) is 46.5 Å². The van der Waals surface area contributed by atoms with Crippen molar-refractivity contribution in [3.63, 3.8) is 0 Å². The fourth-order valence-corrected chi connectivity index (χ4v) is 4.34. The van der Waals surface area contributed by atoms with Crippen LogP contribution >= 0.6 is 11.6 Å². The summed E-state index contributed by atoms with van der Waals surface area (Å²) < 4.78 is 82.6. The highest BCUT2D eigenvalue weighted by atomic mass is 35.5. The van der Waals surface area contributed by atoms with Gasteiger partial charge in [-0.25, -0.2) is 4.98 Å². The van der Waals surface area contributed by atoms with Gasteiger partial charge in [0.05, 0.1) is 46.4 Å². The van der Waals surface area contributed by atoms with Crippen LogP contribution in [0.25, 0.3) is 22.4 Å². The minimum absolute atomic E-state index is 0.0492. The Bertz CT molecular complexity index is 1620. The molecule has 15 heteroatoms. The van der Waals surface area contributed by atoms with Gasteiger partial charge in [0.2, 0.25) is 0 Å². The minimum atomic E-state index is -5.03. The highest BCUT2D eigenvalue weighted by molar-refractivity contribution is 6.33. The van der Waals surface area contributed by atoms with Crippen LogP contribution in [0.5, 0.6) is 0 Å². The summed E-state index contributed by atoms with van der Waals surface area (Å²) in [6.45, 7) is -0.582. The first-order valence-electron chi connectivity index (χ1n) is 12.0. The first kappa shape index (κ1) is 30.7. The Kier molecular flexibility index (Phi) is 8.68. The fourth-order valence-electron chi connectivity index (χ4n) is 4.18. The lowest BCUT2D eigenvalue weighted by Crippen LogP contribution is -2.25. The van der Waals surface area contributed by atoms with E-state index < -0.39 is 41.9 Å². The molecule has 3 N–H and O–H groups in total. The third-order valence-corrected chi connectivity index (χ3v) is 6.39. The molecule has 0 saturated carbocycles. The second kappa shape index (κ2) is 11.9. The van der Waals surface area contributed by atoms with Crippen molar-refractivity contribution < 1.29 is 45.9 Å². The number of nitrogens with zero attached hydrogens (tertiary/aromatic N) is 2. The number of aromatic nitrogens is 2. The minimum Gasteiger partial charge on any atom is -0.481 e. The van der Waals surface area contributed by atoms with Crippen molar-refractivity contribution in [2.75, 3.05) is 19.1 Å². The van der Waals surface area contributed by atoms with Gasteiger partial charge in [0.15, 0.2) is 0 Å². The Hall–Kier alpha value is -4.30. The molecule has 1 amide bonds. The maximum absolute atomic E-state index is 13.5. The third kappa shape index (κ3) is 6.94. The van der Waals surface area contributed by atoms with Crippen LogP contribution in [0.3, 0.4) is 0 Å². The molecular weight excluding hydrogens is 594 g/mol. The number of rotatable bonds is 9. The SMILES string of the molecule is CONc1cc(-c2nc3cc(C(=O)NCCC(=O)O)ccc3n2Cc2cc(C(F)(F)F)cc(C(F)(F)F)c2)ccc1Cl. The number of hydrogen-bond acceptors (Lipinski definition) is 5.